The minimum atomic E-state index is -5.91. The molecule has 4 aliphatic rings. The number of benzene rings is 7. The Morgan fingerprint density at radius 3 is 1.23 bits per heavy atom. The first-order valence-corrected chi connectivity index (χ1v) is 45.5. The molecular weight excluding hydrogens is 1950 g/mol. The monoisotopic (exact) mass is 2070 g/mol. The number of carbonyl (C=O) groups is 9. The molecule has 9 rings (SSSR count). The van der Waals surface area contributed by atoms with Gasteiger partial charge in [-0.05, 0) is 195 Å². The van der Waals surface area contributed by atoms with E-state index in [4.69, 9.17) is 106 Å². The van der Waals surface area contributed by atoms with Crippen LogP contribution in [0.5, 0.6) is 17.2 Å². The highest BCUT2D eigenvalue weighted by atomic mass is 79.9. The van der Waals surface area contributed by atoms with E-state index in [0.29, 0.717) is 146 Å². The molecule has 3 atom stereocenters. The van der Waals surface area contributed by atoms with E-state index in [1.807, 2.05) is 73.3 Å². The number of nitrogen functional groups attached to an aromatic ring is 2. The largest absolute Gasteiger partial charge is 0.744 e. The Kier molecular flexibility index (Phi) is 54.3. The number of carboxylic acid groups (broad SMARTS) is 6. The number of anilines is 4. The molecule has 5 aromatic rings. The lowest BCUT2D eigenvalue weighted by molar-refractivity contribution is -0.311. The summed E-state index contributed by atoms with van der Waals surface area (Å²) in [6.45, 7) is 11.9. The first-order chi connectivity index (χ1) is 66.6. The van der Waals surface area contributed by atoms with E-state index in [1.54, 1.807) is 43.5 Å². The van der Waals surface area contributed by atoms with Crippen molar-refractivity contribution in [1.29, 1.82) is 0 Å². The Morgan fingerprint density at radius 2 is 0.901 bits per heavy atom. The molecule has 18 N–H and O–H groups in total. The summed E-state index contributed by atoms with van der Waals surface area (Å²) in [7, 11) is 1.71. The molecule has 0 spiro atoms. The molecule has 141 heavy (non-hydrogen) atoms. The zero-order valence-electron chi connectivity index (χ0n) is 78.9. The van der Waals surface area contributed by atoms with Gasteiger partial charge in [0.15, 0.2) is 22.3 Å². The smallest absolute Gasteiger partial charge is 0.373 e. The predicted molar refractivity (Wildman–Crippen MR) is 498 cm³/mol. The summed E-state index contributed by atoms with van der Waals surface area (Å²) >= 11 is 2.91. The van der Waals surface area contributed by atoms with Crippen molar-refractivity contribution >= 4 is 143 Å². The molecule has 5 aromatic carbocycles. The molecule has 2 aliphatic heterocycles. The molecule has 0 saturated heterocycles. The Bertz CT molecular complexity index is 5930. The highest BCUT2D eigenvalue weighted by Gasteiger charge is 2.33. The minimum absolute atomic E-state index is 0.0790. The highest BCUT2D eigenvalue weighted by molar-refractivity contribution is 9.09. The van der Waals surface area contributed by atoms with Crippen LogP contribution in [-0.4, -0.2) is 250 Å². The second-order valence-corrected chi connectivity index (χ2v) is 32.5. The minimum Gasteiger partial charge on any atom is -0.744 e. The molecule has 2 aliphatic carbocycles. The number of unbranched alkanes of at least 4 members (excludes halogenated alkanes) is 3. The lowest BCUT2D eigenvalue weighted by Crippen LogP contribution is -2.48. The molecule has 2 heterocycles. The number of likely N-dealkylation sites (N-methyl/N-ethyl adjacent to an activating group) is 3. The molecule has 0 saturated carbocycles. The number of nitrogens with one attached hydrogen (secondary N) is 1. The van der Waals surface area contributed by atoms with Gasteiger partial charge in [-0.2, -0.15) is 37.5 Å². The Morgan fingerprint density at radius 1 is 0.532 bits per heavy atom. The van der Waals surface area contributed by atoms with Crippen LogP contribution in [0.2, 0.25) is 0 Å². The molecule has 0 bridgehead atoms. The zero-order chi connectivity index (χ0) is 107. The van der Waals surface area contributed by atoms with E-state index in [-0.39, 0.29) is 69.4 Å². The van der Waals surface area contributed by atoms with Crippen LogP contribution in [-0.2, 0) is 86.8 Å². The fourth-order valence-electron chi connectivity index (χ4n) is 14.4. The summed E-state index contributed by atoms with van der Waals surface area (Å²) < 4.78 is 123. The number of nitrogens with two attached hydrogens (primary N) is 6. The Hall–Kier alpha value is -14.4. The van der Waals surface area contributed by atoms with Crippen LogP contribution in [0.3, 0.4) is 0 Å². The van der Waals surface area contributed by atoms with Gasteiger partial charge >= 0.3 is 60.2 Å². The topological polar surface area (TPSA) is 684 Å². The average Bonchev–Trinajstić information content (AvgIpc) is 0.752. The number of alkyl halides is 1. The van der Waals surface area contributed by atoms with Gasteiger partial charge in [-0.3, -0.25) is 63.9 Å². The van der Waals surface area contributed by atoms with Crippen LogP contribution in [0.1, 0.15) is 115 Å². The second-order valence-electron chi connectivity index (χ2n) is 30.7. The van der Waals surface area contributed by atoms with Crippen LogP contribution in [0.15, 0.2) is 111 Å². The maximum atomic E-state index is 14.3. The normalized spacial score (nSPS) is 11.2. The second kappa shape index (κ2) is 62.5. The summed E-state index contributed by atoms with van der Waals surface area (Å²) in [5, 5.41) is 73.0. The number of fused-ring (bicyclic) bond motifs is 4. The molecule has 0 fully saturated rings. The number of methoxy groups -OCH3 is 2. The number of rotatable bonds is 44. The van der Waals surface area contributed by atoms with E-state index in [2.05, 4.69) is 55.5 Å². The predicted octanol–water partition coefficient (Wildman–Crippen LogP) is 4.55. The Labute approximate surface area is 815 Å². The zero-order valence-corrected chi connectivity index (χ0v) is 81.3. The molecule has 1 amide bonds. The van der Waals surface area contributed by atoms with Crippen molar-refractivity contribution in [3.05, 3.63) is 142 Å². The van der Waals surface area contributed by atoms with Gasteiger partial charge in [0.2, 0.25) is 23.3 Å². The van der Waals surface area contributed by atoms with Crippen molar-refractivity contribution in [3.8, 4) is 62.1 Å². The number of aryl methyl sites for hydroxylation is 2. The van der Waals surface area contributed by atoms with Gasteiger partial charge in [0, 0.05) is 162 Å². The lowest BCUT2D eigenvalue weighted by Gasteiger charge is -2.27. The SMILES string of the molecule is CC(=O)OCBr.CCN(CCCC(=O)NCCCCC(C(=O)[O-])N(C)CC(=O)O)c1cc(OC)c(-c2c3ccc(=[NH2+])cc-3oc3cc(N)ccc23)cc1C.CCN(CCCC(=O)Oc1c(F)c(F)c(S(=O)(=O)[O-])c(F)c1F)c1cc(OC)c(-c2c3ccc(=[NH2+])cc-3oc3cc(N)ccc23)cc1C.CN(CC(=O)O)C(CCCCN)C(=O)O.CN(CC(=O)O)C(CCCCN)C(=O)O.O=C=O.O=C=O.O=C=O. The van der Waals surface area contributed by atoms with Gasteiger partial charge in [0.1, 0.15) is 66.8 Å². The summed E-state index contributed by atoms with van der Waals surface area (Å²) in [5.41, 5.74) is 34.1. The van der Waals surface area contributed by atoms with E-state index in [9.17, 15) is 78.8 Å². The van der Waals surface area contributed by atoms with Crippen molar-refractivity contribution in [2.45, 2.75) is 141 Å². The third-order valence-corrected chi connectivity index (χ3v) is 21.9. The lowest BCUT2D eigenvalue weighted by atomic mass is 9.91. The maximum absolute atomic E-state index is 14.3. The van der Waals surface area contributed by atoms with Crippen LogP contribution in [0.25, 0.3) is 66.8 Å². The van der Waals surface area contributed by atoms with Gasteiger partial charge in [-0.25, -0.2) is 17.2 Å². The van der Waals surface area contributed by atoms with Crippen molar-refractivity contribution in [2.75, 3.05) is 128 Å². The third kappa shape index (κ3) is 39.4. The van der Waals surface area contributed by atoms with Gasteiger partial charge < -0.3 is 106 Å². The maximum Gasteiger partial charge on any atom is 0.373 e. The Balaban J connectivity index is 0.000000668. The number of carbonyl (C=O) groups excluding carboxylic acids is 10. The first kappa shape index (κ1) is 123. The first-order valence-electron chi connectivity index (χ1n) is 42.9. The van der Waals surface area contributed by atoms with Crippen molar-refractivity contribution < 1.29 is 172 Å². The fourth-order valence-corrected chi connectivity index (χ4v) is 15.3. The fraction of sp³-hybridized carbons (Fsp3) is 0.398. The number of halogens is 5. The van der Waals surface area contributed by atoms with Crippen molar-refractivity contribution in [1.82, 2.24) is 20.0 Å². The number of ether oxygens (including phenoxy) is 4. The highest BCUT2D eigenvalue weighted by Crippen LogP contribution is 2.48. The number of esters is 2. The van der Waals surface area contributed by atoms with Crippen LogP contribution < -0.4 is 78.9 Å². The van der Waals surface area contributed by atoms with E-state index >= 15 is 0 Å². The van der Waals surface area contributed by atoms with Gasteiger partial charge in [-0.1, -0.05) is 12.8 Å². The summed E-state index contributed by atoms with van der Waals surface area (Å²) in [5.74, 6) is -17.0. The summed E-state index contributed by atoms with van der Waals surface area (Å²) in [6.07, 6.45) is 6.43. The molecule has 3 unspecified atom stereocenters. The van der Waals surface area contributed by atoms with Crippen LogP contribution >= 0.6 is 15.9 Å². The van der Waals surface area contributed by atoms with E-state index in [0.717, 1.165) is 86.0 Å². The summed E-state index contributed by atoms with van der Waals surface area (Å²) in [4.78, 5) is 154. The number of nitrogens with zero attached hydrogens (tertiary/aromatic N) is 5. The molecular formula is C93H115BrF4N12O30S. The molecule has 0 radical (unpaired) electrons. The third-order valence-electron chi connectivity index (χ3n) is 20.8. The van der Waals surface area contributed by atoms with E-state index in [1.165, 1.54) is 49.9 Å². The quantitative estimate of drug-likeness (QED) is 0.00287. The van der Waals surface area contributed by atoms with Gasteiger partial charge in [-0.15, -0.1) is 0 Å². The van der Waals surface area contributed by atoms with Gasteiger partial charge in [0.05, 0.1) is 52.0 Å². The molecule has 768 valence electrons. The standard InChI is InChI=1S/C36H45N5O7.C33H29F4N3O7S.2C9H18N2O4.C3H5BrO2.3CO2/c1-5-41(16-8-10-33(42)39-15-7-6-9-28(36(45)46)40(3)21-34(43)44)29-20-30(47-4)27(17-22(29)2)35-25-13-11-23(37)18-31(25)48-32-19-24(38)12-14-26(32)35;1-4-40(11-5-6-26(41)47-32-28(34)30(36)33(48(42,43)44)31(37)29(32)35)22-15-23(45-3)21(12-16(22)2)27-19-9-7-17(38)13-24(19)46-25-14-18(39)8-10-20(25)27;2*1-11(6-8(12)13)7(9(14)15)4-2-3-5-10;1-3(5)6-2-4;3*2-1-3/h11-14,17-20,28,37H,5-10,15-16,21,38H2,1-4H3,(H,39,42)(H,43,44)(H,45,46);7-10,12-15,38H,4-6,11,39H2,1-3H3,(H,42,43,44);2*7H,2-6,10H2,1H3,(H,12,13)(H,14,15);2H2,1H3;;;. The number of hydrogen-bond acceptors (Lipinski definition) is 34. The number of aliphatic carboxylic acids is 6. The van der Waals surface area contributed by atoms with Crippen molar-refractivity contribution in [3.63, 3.8) is 0 Å². The van der Waals surface area contributed by atoms with Crippen molar-refractivity contribution in [2.24, 2.45) is 11.5 Å². The molecule has 42 nitrogen and oxygen atoms in total. The number of amides is 1. The average molecular weight is 2070 g/mol. The number of carboxylic acids is 6. The van der Waals surface area contributed by atoms with Gasteiger partial charge in [0.25, 0.3) is 0 Å². The van der Waals surface area contributed by atoms with E-state index < -0.39 is 110 Å². The molecule has 48 heteroatoms. The number of hydrogen-bond donors (Lipinski definition) is 12. The summed E-state index contributed by atoms with van der Waals surface area (Å²) in [6, 6.07) is 27.4. The van der Waals surface area contributed by atoms with Crippen LogP contribution in [0.4, 0.5) is 40.3 Å². The molecule has 0 aromatic heterocycles. The van der Waals surface area contributed by atoms with Crippen LogP contribution in [0, 0.1) is 37.1 Å².